The Bertz CT molecular complexity index is 1030. The summed E-state index contributed by atoms with van der Waals surface area (Å²) in [7, 11) is 5.66. The first-order valence-electron chi connectivity index (χ1n) is 9.87. The normalized spacial score (nSPS) is 12.6. The average molecular weight is 472 g/mol. The number of rotatable bonds is 7. The number of hydrogen-bond donors (Lipinski definition) is 6. The van der Waals surface area contributed by atoms with E-state index < -0.39 is 35.3 Å². The number of nitrogens with zero attached hydrogens (tertiary/aromatic N) is 2. The van der Waals surface area contributed by atoms with Gasteiger partial charge in [-0.15, -0.1) is 0 Å². The number of hydrogen-bond acceptors (Lipinski definition) is 8. The molecule has 2 atom stereocenters. The molecule has 0 saturated carbocycles. The molecule has 2 rings (SSSR count). The third-order valence-electron chi connectivity index (χ3n) is 3.78. The lowest BCUT2D eigenvalue weighted by atomic mass is 10.1. The van der Waals surface area contributed by atoms with Crippen LogP contribution in [-0.4, -0.2) is 92.3 Å². The minimum Gasteiger partial charge on any atom is -0.550 e. The van der Waals surface area contributed by atoms with Gasteiger partial charge in [0.15, 0.2) is 5.65 Å². The maximum Gasteiger partial charge on any atom is 0.327 e. The number of nitrogens with one attached hydrogen (secondary N) is 4. The fourth-order valence-electron chi connectivity index (χ4n) is 2.49. The first kappa shape index (κ1) is 29.5. The number of likely N-dealkylation sites (N-methyl/N-ethyl adjacent to an activating group) is 1. The van der Waals surface area contributed by atoms with E-state index >= 15 is 0 Å². The molecular formula is C19H32N6O8. The first-order chi connectivity index (χ1) is 15.0. The summed E-state index contributed by atoms with van der Waals surface area (Å²) in [4.78, 5) is 63.2. The van der Waals surface area contributed by atoms with Gasteiger partial charge in [-0.25, -0.2) is 14.6 Å². The Kier molecular flexibility index (Phi) is 11.7. The van der Waals surface area contributed by atoms with Crippen molar-refractivity contribution in [3.63, 3.8) is 0 Å². The van der Waals surface area contributed by atoms with Crippen molar-refractivity contribution in [2.75, 3.05) is 27.7 Å². The number of carboxylic acid groups (broad SMARTS) is 2. The molecule has 0 fully saturated rings. The van der Waals surface area contributed by atoms with Crippen molar-refractivity contribution in [1.82, 2.24) is 25.3 Å². The van der Waals surface area contributed by atoms with Crippen molar-refractivity contribution in [2.45, 2.75) is 39.3 Å². The van der Waals surface area contributed by atoms with Crippen molar-refractivity contribution in [2.24, 2.45) is 5.92 Å². The Morgan fingerprint density at radius 2 is 1.76 bits per heavy atom. The highest BCUT2D eigenvalue weighted by Crippen LogP contribution is 2.01. The molecule has 0 bridgehead atoms. The molecule has 0 aliphatic rings. The average Bonchev–Trinajstić information content (AvgIpc) is 3.06. The Balaban J connectivity index is 0.000000465. The topological polar surface area (TPSA) is 221 Å². The van der Waals surface area contributed by atoms with Crippen molar-refractivity contribution in [3.05, 3.63) is 27.2 Å². The van der Waals surface area contributed by atoms with Crippen LogP contribution in [-0.2, 0) is 14.4 Å². The molecule has 186 valence electrons. The number of aromatic nitrogens is 4. The third kappa shape index (κ3) is 12.8. The second-order valence-electron chi connectivity index (χ2n) is 8.50. The minimum absolute atomic E-state index is 0.0867. The summed E-state index contributed by atoms with van der Waals surface area (Å²) in [5, 5.41) is 30.1. The largest absolute Gasteiger partial charge is 0.550 e. The van der Waals surface area contributed by atoms with Gasteiger partial charge in [-0.3, -0.25) is 19.6 Å². The van der Waals surface area contributed by atoms with Crippen LogP contribution in [0.3, 0.4) is 0 Å². The molecule has 0 spiro atoms. The molecule has 2 aromatic heterocycles. The number of quaternary nitrogens is 1. The first-order valence-corrected chi connectivity index (χ1v) is 9.87. The van der Waals surface area contributed by atoms with Crippen LogP contribution in [0.2, 0.25) is 0 Å². The maximum atomic E-state index is 10.9. The minimum atomic E-state index is -1.20. The van der Waals surface area contributed by atoms with Gasteiger partial charge in [0, 0.05) is 19.3 Å². The summed E-state index contributed by atoms with van der Waals surface area (Å²) < 4.78 is 0.550. The van der Waals surface area contributed by atoms with Gasteiger partial charge in [-0.2, -0.15) is 0 Å². The summed E-state index contributed by atoms with van der Waals surface area (Å²) >= 11 is 0. The molecular weight excluding hydrogens is 440 g/mol. The molecule has 0 aliphatic carbocycles. The van der Waals surface area contributed by atoms with E-state index in [1.807, 2.05) is 21.1 Å². The number of carbonyl (C=O) groups is 3. The molecule has 2 unspecified atom stereocenters. The number of amides is 1. The van der Waals surface area contributed by atoms with Crippen LogP contribution in [0.4, 0.5) is 0 Å². The van der Waals surface area contributed by atoms with Gasteiger partial charge in [-0.05, 0) is 5.92 Å². The van der Waals surface area contributed by atoms with Crippen LogP contribution in [0, 0.1) is 5.92 Å². The van der Waals surface area contributed by atoms with Crippen molar-refractivity contribution >= 4 is 29.0 Å². The van der Waals surface area contributed by atoms with E-state index in [-0.39, 0.29) is 29.4 Å². The summed E-state index contributed by atoms with van der Waals surface area (Å²) in [5.41, 5.74) is -0.445. The van der Waals surface area contributed by atoms with Crippen LogP contribution in [0.1, 0.15) is 27.2 Å². The van der Waals surface area contributed by atoms with Gasteiger partial charge < -0.3 is 34.9 Å². The number of aliphatic hydroxyl groups excluding tert-OH is 1. The van der Waals surface area contributed by atoms with Gasteiger partial charge in [0.1, 0.15) is 24.2 Å². The highest BCUT2D eigenvalue weighted by molar-refractivity contribution is 5.82. The number of carbonyl (C=O) groups excluding carboxylic acids is 2. The van der Waals surface area contributed by atoms with E-state index in [4.69, 9.17) is 10.2 Å². The number of fused-ring (bicyclic) bond motifs is 1. The van der Waals surface area contributed by atoms with E-state index in [1.54, 1.807) is 13.8 Å². The summed E-state index contributed by atoms with van der Waals surface area (Å²) in [6.07, 6.45) is 0.255. The lowest BCUT2D eigenvalue weighted by Crippen LogP contribution is -2.43. The predicted molar refractivity (Wildman–Crippen MR) is 116 cm³/mol. The monoisotopic (exact) mass is 472 g/mol. The lowest BCUT2D eigenvalue weighted by molar-refractivity contribution is -0.873. The predicted octanol–water partition coefficient (Wildman–Crippen LogP) is -2.64. The van der Waals surface area contributed by atoms with E-state index in [1.165, 1.54) is 13.3 Å². The van der Waals surface area contributed by atoms with Gasteiger partial charge in [0.25, 0.3) is 5.56 Å². The Labute approximate surface area is 189 Å². The van der Waals surface area contributed by atoms with Crippen LogP contribution >= 0.6 is 0 Å². The molecule has 0 radical (unpaired) electrons. The van der Waals surface area contributed by atoms with Crippen LogP contribution in [0.25, 0.3) is 11.2 Å². The lowest BCUT2D eigenvalue weighted by Gasteiger charge is -2.26. The Morgan fingerprint density at radius 3 is 2.15 bits per heavy atom. The Morgan fingerprint density at radius 1 is 1.18 bits per heavy atom. The van der Waals surface area contributed by atoms with Crippen molar-refractivity contribution < 1.29 is 34.2 Å². The number of H-pyrrole nitrogens is 3. The molecule has 0 aliphatic heterocycles. The maximum absolute atomic E-state index is 10.9. The summed E-state index contributed by atoms with van der Waals surface area (Å²) in [6.45, 7) is 5.22. The van der Waals surface area contributed by atoms with E-state index in [2.05, 4.69) is 25.3 Å². The number of aromatic amines is 3. The van der Waals surface area contributed by atoms with E-state index in [0.29, 0.717) is 11.0 Å². The number of aliphatic hydroxyl groups is 1. The molecule has 2 aromatic rings. The molecule has 0 saturated heterocycles. The van der Waals surface area contributed by atoms with Crippen LogP contribution in [0.5, 0.6) is 0 Å². The highest BCUT2D eigenvalue weighted by atomic mass is 16.4. The number of imidazole rings is 1. The van der Waals surface area contributed by atoms with Gasteiger partial charge in [0.05, 0.1) is 27.5 Å². The number of aliphatic carboxylic acids is 2. The zero-order chi connectivity index (χ0) is 25.9. The molecule has 14 heteroatoms. The molecule has 14 nitrogen and oxygen atoms in total. The van der Waals surface area contributed by atoms with Crippen LogP contribution in [0.15, 0.2) is 15.9 Å². The standard InChI is InChI=1S/C7H15NO3.C7H13NO3.C5H4N4O2/c1-8(2,3)5-6(9)4-7(10)11;1-4(2)6(7(10)11)8-5(3)9;10-4-2-3(7-1-6-2)8-5(11)9-4/h6,9H,4-5H2,1-3H3;4,6H,1-3H3,(H,8,9)(H,10,11);1H,(H3,6,7,8,9,10,11). The Hall–Kier alpha value is -3.52. The molecule has 2 heterocycles. The molecule has 33 heavy (non-hydrogen) atoms. The van der Waals surface area contributed by atoms with Crippen LogP contribution < -0.4 is 21.7 Å². The number of carboxylic acids is 2. The van der Waals surface area contributed by atoms with Crippen molar-refractivity contribution in [3.8, 4) is 0 Å². The molecule has 1 amide bonds. The third-order valence-corrected chi connectivity index (χ3v) is 3.78. The second kappa shape index (κ2) is 13.1. The van der Waals surface area contributed by atoms with Gasteiger partial charge in [0.2, 0.25) is 5.91 Å². The van der Waals surface area contributed by atoms with Gasteiger partial charge in [-0.1, -0.05) is 13.8 Å². The molecule has 6 N–H and O–H groups in total. The zero-order valence-corrected chi connectivity index (χ0v) is 19.5. The fraction of sp³-hybridized carbons (Fsp3) is 0.579. The zero-order valence-electron chi connectivity index (χ0n) is 19.5. The highest BCUT2D eigenvalue weighted by Gasteiger charge is 2.21. The van der Waals surface area contributed by atoms with Gasteiger partial charge >= 0.3 is 11.7 Å². The quantitative estimate of drug-likeness (QED) is 0.231. The SMILES string of the molecule is CC(=O)NC(C(=O)O)C(C)C.C[N+](C)(C)CC(O)CC(=O)[O-].O=c1[nH]c(=O)c2[nH]cnc2[nH]1. The van der Waals surface area contributed by atoms with Crippen molar-refractivity contribution in [1.29, 1.82) is 0 Å². The molecule has 0 aromatic carbocycles. The van der Waals surface area contributed by atoms with E-state index in [0.717, 1.165) is 0 Å². The summed E-state index contributed by atoms with van der Waals surface area (Å²) in [5.74, 6) is -2.59. The second-order valence-corrected chi connectivity index (χ2v) is 8.50. The smallest absolute Gasteiger partial charge is 0.327 e. The summed E-state index contributed by atoms with van der Waals surface area (Å²) in [6, 6.07) is -0.771. The van der Waals surface area contributed by atoms with E-state index in [9.17, 15) is 29.1 Å². The fourth-order valence-corrected chi connectivity index (χ4v) is 2.49.